The molecule has 0 aromatic heterocycles. The van der Waals surface area contributed by atoms with Crippen molar-refractivity contribution in [2.75, 3.05) is 18.5 Å². The van der Waals surface area contributed by atoms with Crippen molar-refractivity contribution in [3.05, 3.63) is 29.8 Å². The lowest BCUT2D eigenvalue weighted by atomic mass is 10.1. The first-order valence-corrected chi connectivity index (χ1v) is 6.82. The van der Waals surface area contributed by atoms with Gasteiger partial charge in [0.1, 0.15) is 0 Å². The van der Waals surface area contributed by atoms with Gasteiger partial charge in [0.2, 0.25) is 5.91 Å². The molecule has 1 rings (SSSR count). The topological polar surface area (TPSA) is 55.1 Å². The van der Waals surface area contributed by atoms with Crippen LogP contribution in [0.3, 0.4) is 0 Å². The maximum absolute atomic E-state index is 11.7. The van der Waals surface area contributed by atoms with Gasteiger partial charge in [0.15, 0.2) is 0 Å². The van der Waals surface area contributed by atoms with Gasteiger partial charge < -0.3 is 11.1 Å². The van der Waals surface area contributed by atoms with Gasteiger partial charge in [0, 0.05) is 17.0 Å². The number of anilines is 1. The number of hydrogen-bond donors (Lipinski definition) is 2. The maximum Gasteiger partial charge on any atom is 0.224 e. The zero-order valence-corrected chi connectivity index (χ0v) is 11.4. The highest BCUT2D eigenvalue weighted by Gasteiger charge is 2.16. The van der Waals surface area contributed by atoms with Gasteiger partial charge >= 0.3 is 0 Å². The van der Waals surface area contributed by atoms with E-state index in [0.29, 0.717) is 18.7 Å². The smallest absolute Gasteiger partial charge is 0.224 e. The third-order valence-electron chi connectivity index (χ3n) is 2.58. The number of benzene rings is 1. The van der Waals surface area contributed by atoms with E-state index in [2.05, 4.69) is 19.2 Å². The number of amides is 1. The lowest BCUT2D eigenvalue weighted by molar-refractivity contribution is -0.120. The van der Waals surface area contributed by atoms with Gasteiger partial charge in [-0.2, -0.15) is 11.8 Å². The summed E-state index contributed by atoms with van der Waals surface area (Å²) in [7, 11) is 0. The second kappa shape index (κ2) is 5.96. The second-order valence-corrected chi connectivity index (χ2v) is 6.18. The van der Waals surface area contributed by atoms with Gasteiger partial charge in [-0.15, -0.1) is 0 Å². The van der Waals surface area contributed by atoms with Crippen LogP contribution in [-0.2, 0) is 11.2 Å². The molecule has 0 aliphatic heterocycles. The molecule has 94 valence electrons. The van der Waals surface area contributed by atoms with Crippen molar-refractivity contribution in [1.29, 1.82) is 0 Å². The summed E-state index contributed by atoms with van der Waals surface area (Å²) in [6.45, 7) is 4.90. The van der Waals surface area contributed by atoms with E-state index >= 15 is 0 Å². The lowest BCUT2D eigenvalue weighted by Gasteiger charge is -2.22. The van der Waals surface area contributed by atoms with Gasteiger partial charge in [-0.1, -0.05) is 12.1 Å². The quantitative estimate of drug-likeness (QED) is 0.789. The summed E-state index contributed by atoms with van der Waals surface area (Å²) in [5.74, 6) is 0.0396. The molecule has 0 aliphatic carbocycles. The van der Waals surface area contributed by atoms with Crippen LogP contribution in [0, 0.1) is 0 Å². The Hall–Kier alpha value is -1.16. The number of carbonyl (C=O) groups is 1. The fourth-order valence-electron chi connectivity index (χ4n) is 1.33. The van der Waals surface area contributed by atoms with E-state index in [4.69, 9.17) is 5.73 Å². The molecule has 4 heteroatoms. The predicted octanol–water partition coefficient (Wildman–Crippen LogP) is 2.07. The Balaban J connectivity index is 2.45. The van der Waals surface area contributed by atoms with Crippen LogP contribution >= 0.6 is 11.8 Å². The summed E-state index contributed by atoms with van der Waals surface area (Å²) in [6, 6.07) is 7.43. The van der Waals surface area contributed by atoms with E-state index in [1.807, 2.05) is 30.5 Å². The molecule has 0 fully saturated rings. The van der Waals surface area contributed by atoms with Crippen molar-refractivity contribution in [3.8, 4) is 0 Å². The highest BCUT2D eigenvalue weighted by Crippen LogP contribution is 2.19. The number of nitrogens with one attached hydrogen (secondary N) is 1. The summed E-state index contributed by atoms with van der Waals surface area (Å²) in [6.07, 6.45) is 2.43. The molecule has 17 heavy (non-hydrogen) atoms. The van der Waals surface area contributed by atoms with Crippen LogP contribution in [0.25, 0.3) is 0 Å². The first kappa shape index (κ1) is 13.9. The molecule has 1 aromatic carbocycles. The van der Waals surface area contributed by atoms with Gasteiger partial charge in [-0.05, 0) is 37.8 Å². The van der Waals surface area contributed by atoms with Crippen molar-refractivity contribution in [1.82, 2.24) is 5.32 Å². The van der Waals surface area contributed by atoms with Crippen molar-refractivity contribution in [3.63, 3.8) is 0 Å². The molecule has 0 spiro atoms. The summed E-state index contributed by atoms with van der Waals surface area (Å²) >= 11 is 1.74. The molecule has 0 radical (unpaired) electrons. The molecule has 0 atom stereocenters. The zero-order chi connectivity index (χ0) is 12.9. The van der Waals surface area contributed by atoms with Crippen LogP contribution in [0.15, 0.2) is 24.3 Å². The molecule has 0 aliphatic rings. The first-order chi connectivity index (χ1) is 7.93. The van der Waals surface area contributed by atoms with Crippen LogP contribution < -0.4 is 11.1 Å². The molecule has 0 bridgehead atoms. The Morgan fingerprint density at radius 1 is 1.47 bits per heavy atom. The molecule has 0 saturated carbocycles. The maximum atomic E-state index is 11.7. The van der Waals surface area contributed by atoms with E-state index < -0.39 is 0 Å². The van der Waals surface area contributed by atoms with E-state index in [1.165, 1.54) is 0 Å². The summed E-state index contributed by atoms with van der Waals surface area (Å²) in [5, 5.41) is 2.94. The Labute approximate surface area is 107 Å². The monoisotopic (exact) mass is 252 g/mol. The minimum atomic E-state index is 0.0396. The fraction of sp³-hybridized carbons (Fsp3) is 0.462. The van der Waals surface area contributed by atoms with Crippen molar-refractivity contribution < 1.29 is 4.79 Å². The summed E-state index contributed by atoms with van der Waals surface area (Å²) in [4.78, 5) is 11.7. The third kappa shape index (κ3) is 5.13. The van der Waals surface area contributed by atoms with Crippen LogP contribution in [0.1, 0.15) is 19.4 Å². The lowest BCUT2D eigenvalue weighted by Crippen LogP contribution is -2.36. The Morgan fingerprint density at radius 3 is 2.76 bits per heavy atom. The van der Waals surface area contributed by atoms with E-state index in [-0.39, 0.29) is 10.7 Å². The highest BCUT2D eigenvalue weighted by atomic mass is 32.2. The molecule has 1 amide bonds. The van der Waals surface area contributed by atoms with Crippen LogP contribution in [-0.4, -0.2) is 23.5 Å². The zero-order valence-electron chi connectivity index (χ0n) is 10.6. The number of rotatable bonds is 5. The van der Waals surface area contributed by atoms with Gasteiger partial charge in [-0.25, -0.2) is 0 Å². The minimum absolute atomic E-state index is 0.0396. The van der Waals surface area contributed by atoms with Crippen molar-refractivity contribution >= 4 is 23.4 Å². The molecule has 3 N–H and O–H groups in total. The predicted molar refractivity (Wildman–Crippen MR) is 75.2 cm³/mol. The number of nitrogens with two attached hydrogens (primary N) is 1. The van der Waals surface area contributed by atoms with Gasteiger partial charge in [0.05, 0.1) is 6.42 Å². The Bertz CT molecular complexity index is 391. The minimum Gasteiger partial charge on any atom is -0.399 e. The SMILES string of the molecule is CSC(C)(C)CNC(=O)Cc1cccc(N)c1. The number of hydrogen-bond acceptors (Lipinski definition) is 3. The molecular formula is C13H20N2OS. The standard InChI is InChI=1S/C13H20N2OS/c1-13(2,17-3)9-15-12(16)8-10-5-4-6-11(14)7-10/h4-7H,8-9,14H2,1-3H3,(H,15,16). The van der Waals surface area contributed by atoms with Crippen LogP contribution in [0.4, 0.5) is 5.69 Å². The number of thioether (sulfide) groups is 1. The number of carbonyl (C=O) groups excluding carboxylic acids is 1. The van der Waals surface area contributed by atoms with E-state index in [9.17, 15) is 4.79 Å². The molecule has 3 nitrogen and oxygen atoms in total. The van der Waals surface area contributed by atoms with E-state index in [0.717, 1.165) is 5.56 Å². The Morgan fingerprint density at radius 2 is 2.18 bits per heavy atom. The first-order valence-electron chi connectivity index (χ1n) is 5.59. The summed E-state index contributed by atoms with van der Waals surface area (Å²) < 4.78 is 0.0748. The normalized spacial score (nSPS) is 11.2. The molecular weight excluding hydrogens is 232 g/mol. The van der Waals surface area contributed by atoms with E-state index in [1.54, 1.807) is 11.8 Å². The Kier molecular flexibility index (Phi) is 4.87. The fourth-order valence-corrected chi connectivity index (χ4v) is 1.55. The average molecular weight is 252 g/mol. The number of nitrogen functional groups attached to an aromatic ring is 1. The summed E-state index contributed by atoms with van der Waals surface area (Å²) in [5.41, 5.74) is 7.31. The average Bonchev–Trinajstić information content (AvgIpc) is 2.27. The second-order valence-electron chi connectivity index (χ2n) is 4.66. The van der Waals surface area contributed by atoms with Crippen LogP contribution in [0.2, 0.25) is 0 Å². The molecule has 1 aromatic rings. The van der Waals surface area contributed by atoms with Crippen molar-refractivity contribution in [2.24, 2.45) is 0 Å². The third-order valence-corrected chi connectivity index (χ3v) is 3.83. The molecule has 0 saturated heterocycles. The van der Waals surface area contributed by atoms with Gasteiger partial charge in [-0.3, -0.25) is 4.79 Å². The van der Waals surface area contributed by atoms with Crippen molar-refractivity contribution in [2.45, 2.75) is 25.0 Å². The largest absolute Gasteiger partial charge is 0.399 e. The van der Waals surface area contributed by atoms with Gasteiger partial charge in [0.25, 0.3) is 0 Å². The molecule has 0 unspecified atom stereocenters. The highest BCUT2D eigenvalue weighted by molar-refractivity contribution is 7.99. The van der Waals surface area contributed by atoms with Crippen LogP contribution in [0.5, 0.6) is 0 Å². The molecule has 0 heterocycles.